The Bertz CT molecular complexity index is 1130. The highest BCUT2D eigenvalue weighted by atomic mass is 16.5. The van der Waals surface area contributed by atoms with Crippen molar-refractivity contribution in [2.45, 2.75) is 32.9 Å². The van der Waals surface area contributed by atoms with E-state index in [0.717, 1.165) is 10.2 Å². The Morgan fingerprint density at radius 1 is 1.00 bits per heavy atom. The summed E-state index contributed by atoms with van der Waals surface area (Å²) in [5, 5.41) is 4.81. The second-order valence-electron chi connectivity index (χ2n) is 8.04. The predicted molar refractivity (Wildman–Crippen MR) is 114 cm³/mol. The van der Waals surface area contributed by atoms with Crippen LogP contribution in [0, 0.1) is 0 Å². The first-order valence-electron chi connectivity index (χ1n) is 9.66. The molecule has 3 rings (SSSR count). The quantitative estimate of drug-likeness (QED) is 0.608. The number of aryl methyl sites for hydroxylation is 1. The Hall–Kier alpha value is -3.48. The van der Waals surface area contributed by atoms with Crippen LogP contribution in [-0.4, -0.2) is 38.7 Å². The van der Waals surface area contributed by atoms with Crippen molar-refractivity contribution in [3.05, 3.63) is 76.2 Å². The van der Waals surface area contributed by atoms with Crippen molar-refractivity contribution in [2.24, 2.45) is 7.05 Å². The zero-order valence-corrected chi connectivity index (χ0v) is 17.6. The van der Waals surface area contributed by atoms with Crippen molar-refractivity contribution in [3.63, 3.8) is 0 Å². The fourth-order valence-electron chi connectivity index (χ4n) is 3.19. The minimum absolute atomic E-state index is 0.00543. The number of hydrogen-bond acceptors (Lipinski definition) is 5. The van der Waals surface area contributed by atoms with Gasteiger partial charge in [-0.05, 0) is 32.4 Å². The molecule has 0 bridgehead atoms. The first kappa shape index (κ1) is 21.2. The highest BCUT2D eigenvalue weighted by Gasteiger charge is 2.28. The summed E-state index contributed by atoms with van der Waals surface area (Å²) in [6.45, 7) is 5.77. The molecule has 0 aliphatic heterocycles. The van der Waals surface area contributed by atoms with Crippen molar-refractivity contribution < 1.29 is 14.3 Å². The van der Waals surface area contributed by atoms with Gasteiger partial charge in [-0.25, -0.2) is 9.48 Å². The molecule has 1 aromatic heterocycles. The Morgan fingerprint density at radius 2 is 1.60 bits per heavy atom. The molecule has 0 unspecified atom stereocenters. The lowest BCUT2D eigenvalue weighted by Crippen LogP contribution is -2.46. The van der Waals surface area contributed by atoms with Crippen molar-refractivity contribution in [1.82, 2.24) is 14.7 Å². The molecule has 0 saturated carbocycles. The van der Waals surface area contributed by atoms with Crippen LogP contribution in [-0.2, 0) is 23.1 Å². The van der Waals surface area contributed by atoms with Gasteiger partial charge in [-0.3, -0.25) is 9.59 Å². The van der Waals surface area contributed by atoms with Crippen LogP contribution in [0.2, 0.25) is 0 Å². The Morgan fingerprint density at radius 3 is 2.23 bits per heavy atom. The van der Waals surface area contributed by atoms with E-state index in [1.54, 1.807) is 29.2 Å². The van der Waals surface area contributed by atoms with Crippen LogP contribution in [0.15, 0.2) is 59.4 Å². The van der Waals surface area contributed by atoms with Crippen LogP contribution >= 0.6 is 0 Å². The molecule has 0 saturated heterocycles. The average Bonchev–Trinajstić information content (AvgIpc) is 2.72. The molecule has 0 aliphatic carbocycles. The molecule has 1 amide bonds. The van der Waals surface area contributed by atoms with E-state index in [2.05, 4.69) is 5.10 Å². The van der Waals surface area contributed by atoms with E-state index in [4.69, 9.17) is 4.74 Å². The van der Waals surface area contributed by atoms with Gasteiger partial charge in [0.05, 0.1) is 5.39 Å². The summed E-state index contributed by atoms with van der Waals surface area (Å²) in [6, 6.07) is 16.3. The smallest absolute Gasteiger partial charge is 0.359 e. The summed E-state index contributed by atoms with van der Waals surface area (Å²) < 4.78 is 6.39. The third-order valence-corrected chi connectivity index (χ3v) is 4.77. The SMILES string of the molecule is Cn1nc(C(=O)OCC(=O)N(Cc2ccccc2)C(C)(C)C)c2ccccc2c1=O. The zero-order chi connectivity index (χ0) is 21.9. The molecule has 156 valence electrons. The number of ether oxygens (including phenoxy) is 1. The number of rotatable bonds is 5. The highest BCUT2D eigenvalue weighted by Crippen LogP contribution is 2.19. The second kappa shape index (κ2) is 8.49. The van der Waals surface area contributed by atoms with E-state index >= 15 is 0 Å². The number of benzene rings is 2. The summed E-state index contributed by atoms with van der Waals surface area (Å²) in [7, 11) is 1.47. The van der Waals surface area contributed by atoms with Gasteiger partial charge in [0.2, 0.25) is 0 Å². The molecule has 2 aromatic carbocycles. The van der Waals surface area contributed by atoms with Crippen molar-refractivity contribution in [3.8, 4) is 0 Å². The van der Waals surface area contributed by atoms with Crippen molar-refractivity contribution in [1.29, 1.82) is 0 Å². The maximum Gasteiger partial charge on any atom is 0.359 e. The van der Waals surface area contributed by atoms with Crippen LogP contribution < -0.4 is 5.56 Å². The van der Waals surface area contributed by atoms with Gasteiger partial charge in [-0.1, -0.05) is 48.5 Å². The normalized spacial score (nSPS) is 11.3. The van der Waals surface area contributed by atoms with E-state index in [1.807, 2.05) is 51.1 Å². The molecule has 0 N–H and O–H groups in total. The number of amides is 1. The molecule has 1 heterocycles. The van der Waals surface area contributed by atoms with Gasteiger partial charge in [0.1, 0.15) is 0 Å². The molecule has 7 heteroatoms. The topological polar surface area (TPSA) is 81.5 Å². The minimum atomic E-state index is -0.747. The maximum atomic E-state index is 12.9. The van der Waals surface area contributed by atoms with Crippen LogP contribution in [0.5, 0.6) is 0 Å². The summed E-state index contributed by atoms with van der Waals surface area (Å²) >= 11 is 0. The third kappa shape index (κ3) is 4.56. The van der Waals surface area contributed by atoms with Gasteiger partial charge in [0, 0.05) is 24.5 Å². The molecule has 7 nitrogen and oxygen atoms in total. The number of carbonyl (C=O) groups is 2. The van der Waals surface area contributed by atoms with Gasteiger partial charge in [-0.2, -0.15) is 5.10 Å². The molecule has 3 aromatic rings. The Labute approximate surface area is 174 Å². The van der Waals surface area contributed by atoms with Gasteiger partial charge in [-0.15, -0.1) is 0 Å². The number of fused-ring (bicyclic) bond motifs is 1. The number of hydrogen-bond donors (Lipinski definition) is 0. The number of nitrogens with zero attached hydrogens (tertiary/aromatic N) is 3. The highest BCUT2D eigenvalue weighted by molar-refractivity contribution is 6.02. The summed E-state index contributed by atoms with van der Waals surface area (Å²) in [5.74, 6) is -1.06. The standard InChI is InChI=1S/C23H25N3O4/c1-23(2,3)26(14-16-10-6-5-7-11-16)19(27)15-30-22(29)20-17-12-8-9-13-18(17)21(28)25(4)24-20/h5-13H,14-15H2,1-4H3. The summed E-state index contributed by atoms with van der Waals surface area (Å²) in [5.41, 5.74) is 0.227. The van der Waals surface area contributed by atoms with E-state index in [9.17, 15) is 14.4 Å². The Kier molecular flexibility index (Phi) is 6.01. The molecule has 0 radical (unpaired) electrons. The largest absolute Gasteiger partial charge is 0.451 e. The van der Waals surface area contributed by atoms with Crippen LogP contribution in [0.3, 0.4) is 0 Å². The van der Waals surface area contributed by atoms with Crippen molar-refractivity contribution >= 4 is 22.6 Å². The Balaban J connectivity index is 1.79. The number of carbonyl (C=O) groups excluding carboxylic acids is 2. The second-order valence-corrected chi connectivity index (χ2v) is 8.04. The van der Waals surface area contributed by atoms with E-state index in [-0.39, 0.29) is 17.2 Å². The minimum Gasteiger partial charge on any atom is -0.451 e. The van der Waals surface area contributed by atoms with E-state index in [0.29, 0.717) is 17.3 Å². The van der Waals surface area contributed by atoms with Gasteiger partial charge in [0.25, 0.3) is 11.5 Å². The van der Waals surface area contributed by atoms with E-state index < -0.39 is 18.1 Å². The zero-order valence-electron chi connectivity index (χ0n) is 17.6. The number of esters is 1. The lowest BCUT2D eigenvalue weighted by molar-refractivity contribution is -0.140. The lowest BCUT2D eigenvalue weighted by Gasteiger charge is -2.35. The maximum absolute atomic E-state index is 12.9. The lowest BCUT2D eigenvalue weighted by atomic mass is 10.0. The van der Waals surface area contributed by atoms with Crippen LogP contribution in [0.4, 0.5) is 0 Å². The van der Waals surface area contributed by atoms with Crippen LogP contribution in [0.1, 0.15) is 36.8 Å². The number of aromatic nitrogens is 2. The average molecular weight is 407 g/mol. The monoisotopic (exact) mass is 407 g/mol. The molecular weight excluding hydrogens is 382 g/mol. The first-order chi connectivity index (χ1) is 14.2. The molecule has 0 spiro atoms. The summed E-state index contributed by atoms with van der Waals surface area (Å²) in [4.78, 5) is 39.5. The van der Waals surface area contributed by atoms with Gasteiger partial charge in [0.15, 0.2) is 12.3 Å². The molecule has 30 heavy (non-hydrogen) atoms. The van der Waals surface area contributed by atoms with Gasteiger partial charge >= 0.3 is 5.97 Å². The van der Waals surface area contributed by atoms with Crippen molar-refractivity contribution in [2.75, 3.05) is 6.61 Å². The molecule has 0 aliphatic rings. The summed E-state index contributed by atoms with van der Waals surface area (Å²) in [6.07, 6.45) is 0. The molecule has 0 atom stereocenters. The fourth-order valence-corrected chi connectivity index (χ4v) is 3.19. The van der Waals surface area contributed by atoms with Crippen LogP contribution in [0.25, 0.3) is 10.8 Å². The fraction of sp³-hybridized carbons (Fsp3) is 0.304. The van der Waals surface area contributed by atoms with E-state index in [1.165, 1.54) is 7.05 Å². The van der Waals surface area contributed by atoms with Gasteiger partial charge < -0.3 is 9.64 Å². The molecule has 0 fully saturated rings. The third-order valence-electron chi connectivity index (χ3n) is 4.77. The molecular formula is C23H25N3O4. The first-order valence-corrected chi connectivity index (χ1v) is 9.66. The predicted octanol–water partition coefficient (Wildman–Crippen LogP) is 2.92.